The van der Waals surface area contributed by atoms with Crippen LogP contribution in [0, 0.1) is 11.6 Å². The van der Waals surface area contributed by atoms with Gasteiger partial charge >= 0.3 is 12.1 Å². The summed E-state index contributed by atoms with van der Waals surface area (Å²) in [6.07, 6.45) is 1.66. The lowest BCUT2D eigenvalue weighted by Crippen LogP contribution is -2.67. The van der Waals surface area contributed by atoms with E-state index in [1.54, 1.807) is 27.7 Å². The smallest absolute Gasteiger partial charge is 0.411 e. The van der Waals surface area contributed by atoms with E-state index in [0.29, 0.717) is 12.8 Å². The average Bonchev–Trinajstić information content (AvgIpc) is 3.14. The van der Waals surface area contributed by atoms with E-state index in [0.717, 1.165) is 31.0 Å². The van der Waals surface area contributed by atoms with Crippen molar-refractivity contribution in [2.45, 2.75) is 70.6 Å². The second-order valence-corrected chi connectivity index (χ2v) is 9.29. The maximum atomic E-state index is 14.0. The standard InChI is InChI=1S/C23H30F2N2O5/c1-5-31-19(28)14-26-18(15-10-16(24)12-17(25)11-15)13-27(21(30)32-22(2,3)4)23(20(26)29)8-6-7-9-23/h10-12,18H,5-9,13-14H2,1-4H3/t18-/m0/s1. The first kappa shape index (κ1) is 23.9. The van der Waals surface area contributed by atoms with E-state index in [9.17, 15) is 23.2 Å². The lowest BCUT2D eigenvalue weighted by atomic mass is 9.87. The molecule has 32 heavy (non-hydrogen) atoms. The van der Waals surface area contributed by atoms with Crippen LogP contribution in [0.1, 0.15) is 65.0 Å². The fourth-order valence-electron chi connectivity index (χ4n) is 4.56. The normalized spacial score (nSPS) is 20.6. The highest BCUT2D eigenvalue weighted by Crippen LogP contribution is 2.44. The molecule has 176 valence electrons. The van der Waals surface area contributed by atoms with Gasteiger partial charge in [0.1, 0.15) is 29.3 Å². The van der Waals surface area contributed by atoms with Crippen LogP contribution < -0.4 is 0 Å². The van der Waals surface area contributed by atoms with Crippen molar-refractivity contribution < 1.29 is 32.6 Å². The largest absolute Gasteiger partial charge is 0.465 e. The van der Waals surface area contributed by atoms with Crippen molar-refractivity contribution >= 4 is 18.0 Å². The minimum Gasteiger partial charge on any atom is -0.465 e. The molecule has 1 aliphatic heterocycles. The van der Waals surface area contributed by atoms with Crippen molar-refractivity contribution in [2.24, 2.45) is 0 Å². The maximum absolute atomic E-state index is 14.0. The molecule has 1 atom stereocenters. The monoisotopic (exact) mass is 452 g/mol. The van der Waals surface area contributed by atoms with Gasteiger partial charge in [-0.1, -0.05) is 12.8 Å². The Morgan fingerprint density at radius 2 is 1.72 bits per heavy atom. The molecule has 2 fully saturated rings. The molecule has 1 aromatic rings. The highest BCUT2D eigenvalue weighted by atomic mass is 19.1. The van der Waals surface area contributed by atoms with Gasteiger partial charge in [-0.15, -0.1) is 0 Å². The lowest BCUT2D eigenvalue weighted by Gasteiger charge is -2.51. The van der Waals surface area contributed by atoms with Crippen molar-refractivity contribution in [1.82, 2.24) is 9.80 Å². The van der Waals surface area contributed by atoms with E-state index >= 15 is 0 Å². The molecule has 1 aromatic carbocycles. The predicted molar refractivity (Wildman–Crippen MR) is 112 cm³/mol. The van der Waals surface area contributed by atoms with Crippen LogP contribution in [0.15, 0.2) is 18.2 Å². The second-order valence-electron chi connectivity index (χ2n) is 9.29. The number of halogens is 2. The summed E-state index contributed by atoms with van der Waals surface area (Å²) in [4.78, 5) is 41.9. The maximum Gasteiger partial charge on any atom is 0.411 e. The van der Waals surface area contributed by atoms with E-state index in [1.807, 2.05) is 0 Å². The van der Waals surface area contributed by atoms with Crippen molar-refractivity contribution in [3.8, 4) is 0 Å². The van der Waals surface area contributed by atoms with Crippen LogP contribution in [0.3, 0.4) is 0 Å². The van der Waals surface area contributed by atoms with Gasteiger partial charge in [-0.05, 0) is 58.2 Å². The fraction of sp³-hybridized carbons (Fsp3) is 0.609. The predicted octanol–water partition coefficient (Wildman–Crippen LogP) is 3.96. The number of nitrogens with zero attached hydrogens (tertiary/aromatic N) is 2. The highest BCUT2D eigenvalue weighted by Gasteiger charge is 2.56. The summed E-state index contributed by atoms with van der Waals surface area (Å²) in [5.41, 5.74) is -1.79. The zero-order valence-corrected chi connectivity index (χ0v) is 19.0. The molecule has 1 heterocycles. The van der Waals surface area contributed by atoms with E-state index in [2.05, 4.69) is 0 Å². The van der Waals surface area contributed by atoms with Crippen molar-refractivity contribution in [3.05, 3.63) is 35.4 Å². The van der Waals surface area contributed by atoms with Crippen molar-refractivity contribution in [3.63, 3.8) is 0 Å². The van der Waals surface area contributed by atoms with Gasteiger partial charge in [0.2, 0.25) is 5.91 Å². The van der Waals surface area contributed by atoms with Crippen molar-refractivity contribution in [1.29, 1.82) is 0 Å². The van der Waals surface area contributed by atoms with E-state index in [-0.39, 0.29) is 25.3 Å². The minimum atomic E-state index is -1.16. The Morgan fingerprint density at radius 3 is 2.25 bits per heavy atom. The summed E-state index contributed by atoms with van der Waals surface area (Å²) in [7, 11) is 0. The highest BCUT2D eigenvalue weighted by molar-refractivity contribution is 5.94. The number of esters is 1. The number of amides is 2. The molecule has 2 aliphatic rings. The average molecular weight is 452 g/mol. The Morgan fingerprint density at radius 1 is 1.12 bits per heavy atom. The Bertz CT molecular complexity index is 873. The summed E-state index contributed by atoms with van der Waals surface area (Å²) < 4.78 is 38.7. The van der Waals surface area contributed by atoms with Gasteiger partial charge in [-0.25, -0.2) is 13.6 Å². The summed E-state index contributed by atoms with van der Waals surface area (Å²) in [6, 6.07) is 2.02. The Kier molecular flexibility index (Phi) is 6.76. The van der Waals surface area contributed by atoms with Gasteiger partial charge in [0.25, 0.3) is 0 Å². The molecule has 3 rings (SSSR count). The van der Waals surface area contributed by atoms with Gasteiger partial charge in [-0.3, -0.25) is 14.5 Å². The third-order valence-electron chi connectivity index (χ3n) is 5.83. The molecular formula is C23H30F2N2O5. The van der Waals surface area contributed by atoms with Crippen LogP contribution in [0.25, 0.3) is 0 Å². The first-order valence-electron chi connectivity index (χ1n) is 10.9. The number of carbonyl (C=O) groups is 3. The molecule has 7 nitrogen and oxygen atoms in total. The van der Waals surface area contributed by atoms with Gasteiger partial charge in [0, 0.05) is 12.6 Å². The molecule has 0 radical (unpaired) electrons. The first-order valence-corrected chi connectivity index (χ1v) is 10.9. The number of ether oxygens (including phenoxy) is 2. The molecule has 1 spiro atoms. The first-order chi connectivity index (χ1) is 15.0. The second kappa shape index (κ2) is 9.03. The van der Waals surface area contributed by atoms with Crippen LogP contribution in [0.4, 0.5) is 13.6 Å². The minimum absolute atomic E-state index is 0.0526. The molecule has 0 aromatic heterocycles. The molecular weight excluding hydrogens is 422 g/mol. The van der Waals surface area contributed by atoms with E-state index in [4.69, 9.17) is 9.47 Å². The molecule has 0 unspecified atom stereocenters. The SMILES string of the molecule is CCOC(=O)CN1C(=O)C2(CCCC2)N(C(=O)OC(C)(C)C)C[C@H]1c1cc(F)cc(F)c1. The third-order valence-corrected chi connectivity index (χ3v) is 5.83. The summed E-state index contributed by atoms with van der Waals surface area (Å²) in [5, 5.41) is 0. The molecule has 0 bridgehead atoms. The number of hydrogen-bond donors (Lipinski definition) is 0. The number of piperazine rings is 1. The summed E-state index contributed by atoms with van der Waals surface area (Å²) >= 11 is 0. The van der Waals surface area contributed by atoms with E-state index in [1.165, 1.54) is 9.80 Å². The molecule has 0 N–H and O–H groups in total. The topological polar surface area (TPSA) is 76.2 Å². The Hall–Kier alpha value is -2.71. The van der Waals surface area contributed by atoms with Gasteiger partial charge in [-0.2, -0.15) is 0 Å². The summed E-state index contributed by atoms with van der Waals surface area (Å²) in [6.45, 7) is 6.54. The van der Waals surface area contributed by atoms with Gasteiger partial charge in [0.15, 0.2) is 0 Å². The van der Waals surface area contributed by atoms with Gasteiger partial charge < -0.3 is 14.4 Å². The summed E-state index contributed by atoms with van der Waals surface area (Å²) in [5.74, 6) is -2.68. The lowest BCUT2D eigenvalue weighted by molar-refractivity contribution is -0.163. The zero-order chi connectivity index (χ0) is 23.7. The molecule has 1 saturated heterocycles. The Balaban J connectivity index is 2.06. The quantitative estimate of drug-likeness (QED) is 0.647. The van der Waals surface area contributed by atoms with E-state index < -0.39 is 46.8 Å². The van der Waals surface area contributed by atoms with Gasteiger partial charge in [0.05, 0.1) is 12.6 Å². The molecule has 1 saturated carbocycles. The van der Waals surface area contributed by atoms with Crippen LogP contribution in [0.5, 0.6) is 0 Å². The van der Waals surface area contributed by atoms with Crippen LogP contribution in [0.2, 0.25) is 0 Å². The number of hydrogen-bond acceptors (Lipinski definition) is 5. The number of carbonyl (C=O) groups excluding carboxylic acids is 3. The number of benzene rings is 1. The molecule has 9 heteroatoms. The van der Waals surface area contributed by atoms with Crippen LogP contribution in [-0.4, -0.2) is 58.6 Å². The number of rotatable bonds is 4. The molecule has 1 aliphatic carbocycles. The third kappa shape index (κ3) is 4.86. The zero-order valence-electron chi connectivity index (χ0n) is 19.0. The fourth-order valence-corrected chi connectivity index (χ4v) is 4.56. The van der Waals surface area contributed by atoms with Crippen LogP contribution in [-0.2, 0) is 19.1 Å². The van der Waals surface area contributed by atoms with Crippen LogP contribution >= 0.6 is 0 Å². The van der Waals surface area contributed by atoms with Crippen molar-refractivity contribution in [2.75, 3.05) is 19.7 Å². The Labute approximate surface area is 186 Å². The molecule has 2 amide bonds.